The molecule has 182 valence electrons. The van der Waals surface area contributed by atoms with Crippen molar-refractivity contribution in [3.8, 4) is 22.6 Å². The predicted molar refractivity (Wildman–Crippen MR) is 120 cm³/mol. The SMILES string of the molecule is COc1ccc(Cc2cc(-c3ccccc3)cc(Cc3ccc(OC)cc3)[o+]2)cc1.[O-][Cl+3]([O-])([O-])[O-]. The van der Waals surface area contributed by atoms with E-state index in [2.05, 4.69) is 60.7 Å². The largest absolute Gasteiger partial charge is 0.497 e. The van der Waals surface area contributed by atoms with Gasteiger partial charge in [-0.15, -0.1) is 10.2 Å². The number of methoxy groups -OCH3 is 2. The molecular weight excluding hydrogens is 472 g/mol. The minimum Gasteiger partial charge on any atom is -0.497 e. The van der Waals surface area contributed by atoms with E-state index in [4.69, 9.17) is 32.5 Å². The van der Waals surface area contributed by atoms with Gasteiger partial charge in [-0.25, -0.2) is 23.1 Å². The van der Waals surface area contributed by atoms with Gasteiger partial charge >= 0.3 is 11.5 Å². The molecule has 0 saturated heterocycles. The monoisotopic (exact) mass is 496 g/mol. The summed E-state index contributed by atoms with van der Waals surface area (Å²) in [5.41, 5.74) is 4.70. The average Bonchev–Trinajstić information content (AvgIpc) is 2.84. The third-order valence-corrected chi connectivity index (χ3v) is 5.08. The van der Waals surface area contributed by atoms with E-state index in [9.17, 15) is 0 Å². The Morgan fingerprint density at radius 1 is 0.600 bits per heavy atom. The Kier molecular flexibility index (Phi) is 9.19. The molecule has 0 radical (unpaired) electrons. The van der Waals surface area contributed by atoms with Crippen molar-refractivity contribution in [1.82, 2.24) is 0 Å². The van der Waals surface area contributed by atoms with Crippen molar-refractivity contribution in [3.05, 3.63) is 114 Å². The molecule has 3 aromatic carbocycles. The molecule has 0 aliphatic heterocycles. The lowest BCUT2D eigenvalue weighted by Crippen LogP contribution is -2.68. The first kappa shape index (κ1) is 26.2. The van der Waals surface area contributed by atoms with Crippen LogP contribution < -0.4 is 28.1 Å². The standard InChI is InChI=1S/C27H25O3.ClHO4/c1-28-24-12-8-20(9-13-24)16-26-18-23(22-6-4-3-5-7-22)19-27(30-26)17-21-10-14-25(29-2)15-11-21;2-1(3,4)5/h3-15,18-19H,16-17H2,1-2H3;(H,2,3,4,5)/q+1;/p-1. The summed E-state index contributed by atoms with van der Waals surface area (Å²) in [5.74, 6) is 3.58. The highest BCUT2D eigenvalue weighted by Crippen LogP contribution is 2.26. The van der Waals surface area contributed by atoms with Crippen molar-refractivity contribution in [3.63, 3.8) is 0 Å². The average molecular weight is 497 g/mol. The molecule has 0 aliphatic carbocycles. The summed E-state index contributed by atoms with van der Waals surface area (Å²) in [5, 5.41) is 0. The van der Waals surface area contributed by atoms with Crippen LogP contribution in [0.2, 0.25) is 0 Å². The van der Waals surface area contributed by atoms with E-state index in [1.165, 1.54) is 16.7 Å². The van der Waals surface area contributed by atoms with Gasteiger partial charge in [0, 0.05) is 12.1 Å². The summed E-state index contributed by atoms with van der Waals surface area (Å²) in [7, 11) is -1.59. The number of halogens is 1. The van der Waals surface area contributed by atoms with E-state index in [1.807, 2.05) is 30.3 Å². The Morgan fingerprint density at radius 2 is 1.00 bits per heavy atom. The molecule has 0 N–H and O–H groups in total. The molecule has 0 saturated carbocycles. The highest BCUT2D eigenvalue weighted by atomic mass is 35.7. The van der Waals surface area contributed by atoms with Crippen molar-refractivity contribution in [2.45, 2.75) is 12.8 Å². The Hall–Kier alpha value is -3.46. The predicted octanol–water partition coefficient (Wildman–Crippen LogP) is 1.67. The molecule has 35 heavy (non-hydrogen) atoms. The molecule has 8 heteroatoms. The van der Waals surface area contributed by atoms with Crippen LogP contribution in [0.25, 0.3) is 11.1 Å². The van der Waals surface area contributed by atoms with Crippen LogP contribution in [0.1, 0.15) is 22.6 Å². The summed E-state index contributed by atoms with van der Waals surface area (Å²) < 4.78 is 50.8. The van der Waals surface area contributed by atoms with Gasteiger partial charge in [0.05, 0.1) is 27.1 Å². The van der Waals surface area contributed by atoms with Gasteiger partial charge in [0.15, 0.2) is 0 Å². The molecule has 0 spiro atoms. The summed E-state index contributed by atoms with van der Waals surface area (Å²) in [6, 6.07) is 30.9. The molecule has 7 nitrogen and oxygen atoms in total. The topological polar surface area (TPSA) is 122 Å². The van der Waals surface area contributed by atoms with Gasteiger partial charge in [0.2, 0.25) is 0 Å². The molecule has 0 amide bonds. The highest BCUT2D eigenvalue weighted by molar-refractivity contribution is 5.63. The van der Waals surface area contributed by atoms with E-state index in [-0.39, 0.29) is 0 Å². The minimum atomic E-state index is -4.94. The van der Waals surface area contributed by atoms with Gasteiger partial charge in [0.25, 0.3) is 0 Å². The third-order valence-electron chi connectivity index (χ3n) is 5.08. The van der Waals surface area contributed by atoms with Gasteiger partial charge in [-0.05, 0) is 46.5 Å². The molecule has 0 atom stereocenters. The highest BCUT2D eigenvalue weighted by Gasteiger charge is 2.18. The lowest BCUT2D eigenvalue weighted by Gasteiger charge is -2.17. The lowest BCUT2D eigenvalue weighted by molar-refractivity contribution is -2.00. The van der Waals surface area contributed by atoms with E-state index >= 15 is 0 Å². The zero-order valence-corrected chi connectivity index (χ0v) is 20.1. The zero-order valence-electron chi connectivity index (χ0n) is 19.3. The van der Waals surface area contributed by atoms with Crippen LogP contribution in [0.4, 0.5) is 0 Å². The van der Waals surface area contributed by atoms with E-state index in [0.717, 1.165) is 41.4 Å². The van der Waals surface area contributed by atoms with Gasteiger partial charge in [-0.2, -0.15) is 0 Å². The number of hydrogen-bond acceptors (Lipinski definition) is 6. The van der Waals surface area contributed by atoms with Gasteiger partial charge < -0.3 is 9.47 Å². The van der Waals surface area contributed by atoms with Crippen LogP contribution in [0.15, 0.2) is 95.4 Å². The number of benzene rings is 3. The number of rotatable bonds is 7. The molecule has 0 bridgehead atoms. The molecule has 0 unspecified atom stereocenters. The van der Waals surface area contributed by atoms with Gasteiger partial charge in [0.1, 0.15) is 11.5 Å². The van der Waals surface area contributed by atoms with Crippen LogP contribution in [0.3, 0.4) is 0 Å². The molecular formula is C27H25ClO7. The summed E-state index contributed by atoms with van der Waals surface area (Å²) >= 11 is 0. The Balaban J connectivity index is 0.000000623. The molecule has 1 heterocycles. The van der Waals surface area contributed by atoms with Crippen molar-refractivity contribution in [2.75, 3.05) is 14.2 Å². The fourth-order valence-electron chi connectivity index (χ4n) is 3.48. The molecule has 4 aromatic rings. The summed E-state index contributed by atoms with van der Waals surface area (Å²) in [6.07, 6.45) is 1.45. The van der Waals surface area contributed by atoms with Crippen LogP contribution >= 0.6 is 0 Å². The lowest BCUT2D eigenvalue weighted by atomic mass is 10.0. The smallest absolute Gasteiger partial charge is 0.334 e. The minimum absolute atomic E-state index is 0.723. The maximum atomic E-state index is 8.49. The maximum absolute atomic E-state index is 8.49. The third kappa shape index (κ3) is 9.01. The maximum Gasteiger partial charge on any atom is 0.334 e. The Bertz CT molecular complexity index is 1120. The molecule has 4 rings (SSSR count). The van der Waals surface area contributed by atoms with Crippen LogP contribution in [-0.2, 0) is 12.8 Å². The fraction of sp³-hybridized carbons (Fsp3) is 0.148. The van der Waals surface area contributed by atoms with Gasteiger partial charge in [-0.3, -0.25) is 0 Å². The van der Waals surface area contributed by atoms with E-state index < -0.39 is 10.2 Å². The van der Waals surface area contributed by atoms with E-state index in [0.29, 0.717) is 0 Å². The molecule has 1 aromatic heterocycles. The second-order valence-electron chi connectivity index (χ2n) is 7.57. The van der Waals surface area contributed by atoms with Crippen molar-refractivity contribution in [2.24, 2.45) is 0 Å². The first-order valence-electron chi connectivity index (χ1n) is 10.6. The first-order chi connectivity index (χ1) is 16.7. The van der Waals surface area contributed by atoms with Crippen molar-refractivity contribution < 1.29 is 42.8 Å². The quantitative estimate of drug-likeness (QED) is 0.357. The summed E-state index contributed by atoms with van der Waals surface area (Å²) in [6.45, 7) is 0. The molecule has 0 fully saturated rings. The number of hydrogen-bond donors (Lipinski definition) is 0. The van der Waals surface area contributed by atoms with Crippen molar-refractivity contribution >= 4 is 0 Å². The Labute approximate surface area is 206 Å². The fourth-order valence-corrected chi connectivity index (χ4v) is 3.48. The zero-order chi connectivity index (χ0) is 25.3. The number of ether oxygens (including phenoxy) is 2. The van der Waals surface area contributed by atoms with Crippen molar-refractivity contribution in [1.29, 1.82) is 0 Å². The van der Waals surface area contributed by atoms with Crippen LogP contribution in [0.5, 0.6) is 11.5 Å². The second kappa shape index (κ2) is 12.3. The normalized spacial score (nSPS) is 10.8. The Morgan fingerprint density at radius 3 is 1.37 bits per heavy atom. The first-order valence-corrected chi connectivity index (χ1v) is 11.9. The van der Waals surface area contributed by atoms with Crippen LogP contribution in [0, 0.1) is 10.2 Å². The molecule has 0 aliphatic rings. The van der Waals surface area contributed by atoms with Crippen LogP contribution in [-0.4, -0.2) is 14.2 Å². The second-order valence-corrected chi connectivity index (χ2v) is 8.33. The van der Waals surface area contributed by atoms with Gasteiger partial charge in [-0.1, -0.05) is 54.6 Å². The van der Waals surface area contributed by atoms with E-state index in [1.54, 1.807) is 14.2 Å². The summed E-state index contributed by atoms with van der Waals surface area (Å²) in [4.78, 5) is 0.